The molecule has 5 heteroatoms. The lowest BCUT2D eigenvalue weighted by Crippen LogP contribution is -2.41. The van der Waals surface area contributed by atoms with Crippen LogP contribution in [0.1, 0.15) is 13.8 Å². The molecule has 2 N–H and O–H groups in total. The molecule has 0 unspecified atom stereocenters. The number of rotatable bonds is 4. The summed E-state index contributed by atoms with van der Waals surface area (Å²) in [5.41, 5.74) is 5.18. The first kappa shape index (κ1) is 11.7. The largest absolute Gasteiger partial charge is 0.401 e. The third kappa shape index (κ3) is 5.37. The van der Waals surface area contributed by atoms with Crippen molar-refractivity contribution in [3.05, 3.63) is 0 Å². The predicted molar refractivity (Wildman–Crippen MR) is 41.8 cm³/mol. The van der Waals surface area contributed by atoms with Crippen LogP contribution in [0.3, 0.4) is 0 Å². The van der Waals surface area contributed by atoms with Gasteiger partial charge < -0.3 is 5.73 Å². The van der Waals surface area contributed by atoms with Gasteiger partial charge in [0.1, 0.15) is 0 Å². The highest BCUT2D eigenvalue weighted by Crippen LogP contribution is 2.17. The Balaban J connectivity index is 3.95. The third-order valence-corrected chi connectivity index (χ3v) is 1.53. The highest BCUT2D eigenvalue weighted by atomic mass is 19.4. The molecule has 0 aliphatic heterocycles. The quantitative estimate of drug-likeness (QED) is 0.711. The van der Waals surface area contributed by atoms with Crippen molar-refractivity contribution in [1.29, 1.82) is 0 Å². The van der Waals surface area contributed by atoms with Crippen LogP contribution in [0.5, 0.6) is 0 Å². The van der Waals surface area contributed by atoms with Crippen LogP contribution >= 0.6 is 0 Å². The fourth-order valence-electron chi connectivity index (χ4n) is 0.916. The second-order valence-electron chi connectivity index (χ2n) is 2.97. The first-order valence-electron chi connectivity index (χ1n) is 3.87. The Bertz CT molecular complexity index is 122. The number of nitrogens with two attached hydrogens (primary N) is 1. The van der Waals surface area contributed by atoms with Crippen LogP contribution in [-0.4, -0.2) is 36.8 Å². The van der Waals surface area contributed by atoms with Crippen molar-refractivity contribution < 1.29 is 13.2 Å². The van der Waals surface area contributed by atoms with Crippen molar-refractivity contribution in [1.82, 2.24) is 4.90 Å². The maximum Gasteiger partial charge on any atom is 0.401 e. The monoisotopic (exact) mass is 184 g/mol. The van der Waals surface area contributed by atoms with E-state index >= 15 is 0 Å². The summed E-state index contributed by atoms with van der Waals surface area (Å²) in [6, 6.07) is -0.116. The van der Waals surface area contributed by atoms with E-state index in [0.29, 0.717) is 0 Å². The molecule has 12 heavy (non-hydrogen) atoms. The molecular weight excluding hydrogens is 169 g/mol. The van der Waals surface area contributed by atoms with Gasteiger partial charge in [-0.05, 0) is 13.8 Å². The lowest BCUT2D eigenvalue weighted by molar-refractivity contribution is -0.149. The highest BCUT2D eigenvalue weighted by Gasteiger charge is 2.31. The maximum absolute atomic E-state index is 11.9. The molecule has 0 aliphatic carbocycles. The minimum atomic E-state index is -4.13. The summed E-state index contributed by atoms with van der Waals surface area (Å²) < 4.78 is 35.7. The standard InChI is InChI=1S/C7H15F3N2/c1-6(2)12(4-3-11)5-7(8,9)10/h6H,3-5,11H2,1-2H3. The molecule has 0 spiro atoms. The van der Waals surface area contributed by atoms with Crippen molar-refractivity contribution in [2.24, 2.45) is 5.73 Å². The van der Waals surface area contributed by atoms with Gasteiger partial charge in [-0.25, -0.2) is 0 Å². The molecule has 0 saturated carbocycles. The van der Waals surface area contributed by atoms with E-state index in [0.717, 1.165) is 0 Å². The molecule has 0 saturated heterocycles. The molecule has 74 valence electrons. The first-order chi connectivity index (χ1) is 5.37. The van der Waals surface area contributed by atoms with E-state index in [9.17, 15) is 13.2 Å². The summed E-state index contributed by atoms with van der Waals surface area (Å²) in [6.45, 7) is 3.12. The summed E-state index contributed by atoms with van der Waals surface area (Å²) >= 11 is 0. The lowest BCUT2D eigenvalue weighted by Gasteiger charge is -2.26. The average molecular weight is 184 g/mol. The van der Waals surface area contributed by atoms with Crippen molar-refractivity contribution in [2.75, 3.05) is 19.6 Å². The van der Waals surface area contributed by atoms with Gasteiger partial charge >= 0.3 is 6.18 Å². The average Bonchev–Trinajstić information content (AvgIpc) is 1.83. The van der Waals surface area contributed by atoms with Gasteiger partial charge in [0.15, 0.2) is 0 Å². The van der Waals surface area contributed by atoms with Crippen LogP contribution in [0.15, 0.2) is 0 Å². The summed E-state index contributed by atoms with van der Waals surface area (Å²) in [5.74, 6) is 0. The lowest BCUT2D eigenvalue weighted by atomic mass is 10.3. The van der Waals surface area contributed by atoms with Gasteiger partial charge in [0.05, 0.1) is 6.54 Å². The summed E-state index contributed by atoms with van der Waals surface area (Å²) in [5, 5.41) is 0. The van der Waals surface area contributed by atoms with Gasteiger partial charge in [-0.3, -0.25) is 4.90 Å². The molecule has 2 nitrogen and oxygen atoms in total. The van der Waals surface area contributed by atoms with Crippen LogP contribution in [0.25, 0.3) is 0 Å². The Labute approximate surface area is 70.5 Å². The zero-order valence-electron chi connectivity index (χ0n) is 7.36. The van der Waals surface area contributed by atoms with E-state index in [2.05, 4.69) is 0 Å². The molecule has 0 atom stereocenters. The second-order valence-corrected chi connectivity index (χ2v) is 2.97. The number of alkyl halides is 3. The Morgan fingerprint density at radius 1 is 1.33 bits per heavy atom. The van der Waals surface area contributed by atoms with E-state index in [1.807, 2.05) is 0 Å². The van der Waals surface area contributed by atoms with Crippen molar-refractivity contribution in [2.45, 2.75) is 26.1 Å². The van der Waals surface area contributed by atoms with Crippen LogP contribution in [0, 0.1) is 0 Å². The molecule has 0 radical (unpaired) electrons. The van der Waals surface area contributed by atoms with Crippen molar-refractivity contribution in [3.63, 3.8) is 0 Å². The molecule has 0 heterocycles. The SMILES string of the molecule is CC(C)N(CCN)CC(F)(F)F. The van der Waals surface area contributed by atoms with E-state index in [1.165, 1.54) is 4.90 Å². The molecule has 0 aliphatic rings. The smallest absolute Gasteiger partial charge is 0.329 e. The molecule has 0 amide bonds. The molecule has 0 aromatic heterocycles. The van der Waals surface area contributed by atoms with Crippen LogP contribution < -0.4 is 5.73 Å². The van der Waals surface area contributed by atoms with Crippen LogP contribution in [0.2, 0.25) is 0 Å². The third-order valence-electron chi connectivity index (χ3n) is 1.53. The fraction of sp³-hybridized carbons (Fsp3) is 1.00. The van der Waals surface area contributed by atoms with Crippen molar-refractivity contribution >= 4 is 0 Å². The van der Waals surface area contributed by atoms with E-state index < -0.39 is 12.7 Å². The number of halogens is 3. The Hall–Kier alpha value is -0.290. The summed E-state index contributed by atoms with van der Waals surface area (Å²) in [6.07, 6.45) is -4.13. The predicted octanol–water partition coefficient (Wildman–Crippen LogP) is 1.22. The Morgan fingerprint density at radius 3 is 2.08 bits per heavy atom. The Morgan fingerprint density at radius 2 is 1.83 bits per heavy atom. The zero-order valence-corrected chi connectivity index (χ0v) is 7.36. The van der Waals surface area contributed by atoms with Gasteiger partial charge in [-0.15, -0.1) is 0 Å². The Kier molecular flexibility index (Phi) is 4.55. The minimum absolute atomic E-state index is 0.116. The minimum Gasteiger partial charge on any atom is -0.329 e. The molecule has 0 aromatic carbocycles. The highest BCUT2D eigenvalue weighted by molar-refractivity contribution is 4.67. The number of hydrogen-bond acceptors (Lipinski definition) is 2. The van der Waals surface area contributed by atoms with Gasteiger partial charge in [0, 0.05) is 19.1 Å². The number of nitrogens with zero attached hydrogens (tertiary/aromatic N) is 1. The molecule has 0 rings (SSSR count). The fourth-order valence-corrected chi connectivity index (χ4v) is 0.916. The molecular formula is C7H15F3N2. The second kappa shape index (κ2) is 4.67. The zero-order chi connectivity index (χ0) is 9.78. The normalized spacial score (nSPS) is 13.0. The van der Waals surface area contributed by atoms with E-state index in [-0.39, 0.29) is 19.1 Å². The van der Waals surface area contributed by atoms with E-state index in [1.54, 1.807) is 13.8 Å². The van der Waals surface area contributed by atoms with Crippen LogP contribution in [-0.2, 0) is 0 Å². The maximum atomic E-state index is 11.9. The topological polar surface area (TPSA) is 29.3 Å². The van der Waals surface area contributed by atoms with E-state index in [4.69, 9.17) is 5.73 Å². The molecule has 0 bridgehead atoms. The molecule has 0 fully saturated rings. The van der Waals surface area contributed by atoms with Crippen LogP contribution in [0.4, 0.5) is 13.2 Å². The van der Waals surface area contributed by atoms with Gasteiger partial charge in [-0.2, -0.15) is 13.2 Å². The molecule has 0 aromatic rings. The van der Waals surface area contributed by atoms with Gasteiger partial charge in [0.2, 0.25) is 0 Å². The summed E-state index contributed by atoms with van der Waals surface area (Å²) in [4.78, 5) is 1.31. The first-order valence-corrected chi connectivity index (χ1v) is 3.87. The van der Waals surface area contributed by atoms with Gasteiger partial charge in [-0.1, -0.05) is 0 Å². The number of hydrogen-bond donors (Lipinski definition) is 1. The van der Waals surface area contributed by atoms with Gasteiger partial charge in [0.25, 0.3) is 0 Å². The van der Waals surface area contributed by atoms with Crippen molar-refractivity contribution in [3.8, 4) is 0 Å². The summed E-state index contributed by atoms with van der Waals surface area (Å²) in [7, 11) is 0.